The molecule has 0 aliphatic rings. The summed E-state index contributed by atoms with van der Waals surface area (Å²) in [6, 6.07) is 0. The summed E-state index contributed by atoms with van der Waals surface area (Å²) >= 11 is 0. The number of rotatable bonds is 8. The molecule has 4 nitrogen and oxygen atoms in total. The normalized spacial score (nSPS) is 12.3. The molecule has 0 aliphatic heterocycles. The van der Waals surface area contributed by atoms with Crippen molar-refractivity contribution in [2.24, 2.45) is 11.8 Å². The summed E-state index contributed by atoms with van der Waals surface area (Å²) in [4.78, 5) is 22.3. The van der Waals surface area contributed by atoms with Crippen molar-refractivity contribution in [2.45, 2.75) is 53.4 Å². The third kappa shape index (κ3) is 4.51. The van der Waals surface area contributed by atoms with Crippen LogP contribution in [0.2, 0.25) is 0 Å². The fourth-order valence-electron chi connectivity index (χ4n) is 2.35. The van der Waals surface area contributed by atoms with Crippen LogP contribution >= 0.6 is 0 Å². The average Bonchev–Trinajstić information content (AvgIpc) is 2.23. The minimum Gasteiger partial charge on any atom is -0.477 e. The third-order valence-electron chi connectivity index (χ3n) is 3.12. The van der Waals surface area contributed by atoms with Gasteiger partial charge in [0.25, 0.3) is 0 Å². The summed E-state index contributed by atoms with van der Waals surface area (Å²) in [5.41, 5.74) is 0.165. The number of carboxylic acids is 2. The molecular formula is C14H24O4. The van der Waals surface area contributed by atoms with Crippen LogP contribution in [0.1, 0.15) is 53.4 Å². The maximum Gasteiger partial charge on any atom is 0.343 e. The van der Waals surface area contributed by atoms with E-state index in [9.17, 15) is 9.59 Å². The Kier molecular flexibility index (Phi) is 7.32. The fourth-order valence-corrected chi connectivity index (χ4v) is 2.35. The molecule has 0 saturated heterocycles. The van der Waals surface area contributed by atoms with Gasteiger partial charge in [0.15, 0.2) is 0 Å². The average molecular weight is 256 g/mol. The molecule has 0 bridgehead atoms. The van der Waals surface area contributed by atoms with Crippen LogP contribution in [0.4, 0.5) is 0 Å². The van der Waals surface area contributed by atoms with Gasteiger partial charge in [-0.25, -0.2) is 9.59 Å². The van der Waals surface area contributed by atoms with Gasteiger partial charge in [-0.05, 0) is 30.3 Å². The van der Waals surface area contributed by atoms with Crippen LogP contribution in [-0.2, 0) is 9.59 Å². The molecule has 0 aromatic carbocycles. The lowest BCUT2D eigenvalue weighted by Crippen LogP contribution is -2.21. The minimum atomic E-state index is -1.33. The molecule has 0 aromatic rings. The smallest absolute Gasteiger partial charge is 0.343 e. The second kappa shape index (κ2) is 7.90. The monoisotopic (exact) mass is 256 g/mol. The van der Waals surface area contributed by atoms with E-state index in [1.807, 2.05) is 27.7 Å². The maximum absolute atomic E-state index is 11.1. The first-order valence-electron chi connectivity index (χ1n) is 6.56. The van der Waals surface area contributed by atoms with Crippen LogP contribution in [0, 0.1) is 11.8 Å². The Labute approximate surface area is 109 Å². The highest BCUT2D eigenvalue weighted by molar-refractivity contribution is 6.13. The van der Waals surface area contributed by atoms with Gasteiger partial charge in [-0.2, -0.15) is 0 Å². The molecule has 4 heteroatoms. The molecular weight excluding hydrogens is 232 g/mol. The van der Waals surface area contributed by atoms with Crippen molar-refractivity contribution < 1.29 is 19.8 Å². The van der Waals surface area contributed by atoms with E-state index in [0.29, 0.717) is 12.0 Å². The number of carboxylic acid groups (broad SMARTS) is 2. The Bertz CT molecular complexity index is 313. The molecule has 0 rings (SSSR count). The summed E-state index contributed by atoms with van der Waals surface area (Å²) in [7, 11) is 0. The molecule has 0 radical (unpaired) electrons. The zero-order chi connectivity index (χ0) is 14.3. The van der Waals surface area contributed by atoms with Gasteiger partial charge in [0.1, 0.15) is 5.57 Å². The highest BCUT2D eigenvalue weighted by atomic mass is 16.4. The molecule has 0 spiro atoms. The van der Waals surface area contributed by atoms with E-state index in [0.717, 1.165) is 19.3 Å². The molecule has 18 heavy (non-hydrogen) atoms. The number of aliphatic carboxylic acids is 2. The van der Waals surface area contributed by atoms with Gasteiger partial charge in [-0.3, -0.25) is 0 Å². The van der Waals surface area contributed by atoms with Crippen LogP contribution < -0.4 is 0 Å². The van der Waals surface area contributed by atoms with Crippen LogP contribution in [0.5, 0.6) is 0 Å². The fraction of sp³-hybridized carbons (Fsp3) is 0.714. The van der Waals surface area contributed by atoms with E-state index in [1.54, 1.807) is 0 Å². The Morgan fingerprint density at radius 2 is 1.50 bits per heavy atom. The Hall–Kier alpha value is -1.32. The summed E-state index contributed by atoms with van der Waals surface area (Å²) < 4.78 is 0. The van der Waals surface area contributed by atoms with Crippen LogP contribution in [-0.4, -0.2) is 22.2 Å². The molecule has 0 heterocycles. The quantitative estimate of drug-likeness (QED) is 0.397. The first-order chi connectivity index (χ1) is 8.36. The number of allylic oxidation sites excluding steroid dienone is 1. The van der Waals surface area contributed by atoms with Crippen molar-refractivity contribution in [1.29, 1.82) is 0 Å². The van der Waals surface area contributed by atoms with Crippen LogP contribution in [0.15, 0.2) is 11.1 Å². The lowest BCUT2D eigenvalue weighted by Gasteiger charge is -2.24. The predicted molar refractivity (Wildman–Crippen MR) is 70.4 cm³/mol. The highest BCUT2D eigenvalue weighted by Gasteiger charge is 2.27. The van der Waals surface area contributed by atoms with Gasteiger partial charge in [0.05, 0.1) is 0 Å². The summed E-state index contributed by atoms with van der Waals surface area (Å²) in [5.74, 6) is -2.36. The summed E-state index contributed by atoms with van der Waals surface area (Å²) in [6.07, 6.45) is 3.04. The van der Waals surface area contributed by atoms with E-state index < -0.39 is 17.5 Å². The Morgan fingerprint density at radius 3 is 1.78 bits per heavy atom. The predicted octanol–water partition coefficient (Wildman–Crippen LogP) is 3.32. The maximum atomic E-state index is 11.1. The van der Waals surface area contributed by atoms with Crippen molar-refractivity contribution in [1.82, 2.24) is 0 Å². The molecule has 0 fully saturated rings. The molecule has 0 aliphatic carbocycles. The lowest BCUT2D eigenvalue weighted by molar-refractivity contribution is -0.140. The largest absolute Gasteiger partial charge is 0.477 e. The number of carbonyl (C=O) groups is 2. The van der Waals surface area contributed by atoms with E-state index in [4.69, 9.17) is 10.2 Å². The van der Waals surface area contributed by atoms with E-state index in [2.05, 4.69) is 0 Å². The van der Waals surface area contributed by atoms with Gasteiger partial charge in [0, 0.05) is 0 Å². The SMILES string of the molecule is CCCC(=C(C(=O)O)C(=O)O)C(CCC)C(C)C. The van der Waals surface area contributed by atoms with Gasteiger partial charge in [-0.15, -0.1) is 0 Å². The van der Waals surface area contributed by atoms with Crippen LogP contribution in [0.25, 0.3) is 0 Å². The van der Waals surface area contributed by atoms with Gasteiger partial charge in [0.2, 0.25) is 0 Å². The molecule has 1 unspecified atom stereocenters. The molecule has 0 amide bonds. The lowest BCUT2D eigenvalue weighted by atomic mass is 9.80. The molecule has 104 valence electrons. The first-order valence-corrected chi connectivity index (χ1v) is 6.56. The third-order valence-corrected chi connectivity index (χ3v) is 3.12. The Balaban J connectivity index is 5.66. The van der Waals surface area contributed by atoms with Crippen molar-refractivity contribution in [3.05, 3.63) is 11.1 Å². The molecule has 2 N–H and O–H groups in total. The first kappa shape index (κ1) is 16.7. The second-order valence-electron chi connectivity index (χ2n) is 4.90. The highest BCUT2D eigenvalue weighted by Crippen LogP contribution is 2.31. The van der Waals surface area contributed by atoms with Crippen LogP contribution in [0.3, 0.4) is 0 Å². The minimum absolute atomic E-state index is 0.0390. The second-order valence-corrected chi connectivity index (χ2v) is 4.90. The molecule has 1 atom stereocenters. The molecule has 0 saturated carbocycles. The van der Waals surface area contributed by atoms with E-state index in [1.165, 1.54) is 0 Å². The van der Waals surface area contributed by atoms with Crippen molar-refractivity contribution in [3.8, 4) is 0 Å². The Morgan fingerprint density at radius 1 is 1.00 bits per heavy atom. The van der Waals surface area contributed by atoms with Crippen molar-refractivity contribution >= 4 is 11.9 Å². The number of hydrogen-bond acceptors (Lipinski definition) is 2. The summed E-state index contributed by atoms with van der Waals surface area (Å²) in [6.45, 7) is 7.99. The summed E-state index contributed by atoms with van der Waals surface area (Å²) in [5, 5.41) is 18.2. The van der Waals surface area contributed by atoms with Crippen molar-refractivity contribution in [2.75, 3.05) is 0 Å². The van der Waals surface area contributed by atoms with Gasteiger partial charge in [-0.1, -0.05) is 40.5 Å². The van der Waals surface area contributed by atoms with Crippen molar-refractivity contribution in [3.63, 3.8) is 0 Å². The van der Waals surface area contributed by atoms with E-state index >= 15 is 0 Å². The van der Waals surface area contributed by atoms with Gasteiger partial charge < -0.3 is 10.2 Å². The standard InChI is InChI=1S/C14H24O4/c1-5-7-10(9(3)4)11(8-6-2)12(13(15)16)14(17)18/h9-10H,5-8H2,1-4H3,(H,15,16)(H,17,18). The number of hydrogen-bond donors (Lipinski definition) is 2. The van der Waals surface area contributed by atoms with Gasteiger partial charge >= 0.3 is 11.9 Å². The zero-order valence-electron chi connectivity index (χ0n) is 11.7. The molecule has 0 aromatic heterocycles. The van der Waals surface area contributed by atoms with E-state index in [-0.39, 0.29) is 11.8 Å². The topological polar surface area (TPSA) is 74.6 Å². The zero-order valence-corrected chi connectivity index (χ0v) is 11.7.